The minimum absolute atomic E-state index is 0. The minimum Gasteiger partial charge on any atom is -1.00 e. The molecule has 0 bridgehead atoms. The Balaban J connectivity index is 0. The van der Waals surface area contributed by atoms with E-state index in [-0.39, 0.29) is 36.5 Å². The molecule has 1 heterocycles. The van der Waals surface area contributed by atoms with E-state index in [2.05, 4.69) is 6.58 Å². The van der Waals surface area contributed by atoms with E-state index in [9.17, 15) is 0 Å². The van der Waals surface area contributed by atoms with Gasteiger partial charge in [0.15, 0.2) is 0 Å². The molecule has 0 spiro atoms. The monoisotopic (exact) mass is 306 g/mol. The molecule has 3 heteroatoms. The molecule has 74 valence electrons. The van der Waals surface area contributed by atoms with E-state index in [0.717, 1.165) is 18.8 Å². The fraction of sp³-hybridized carbons (Fsp3) is 0.364. The number of hydrogen-bond donors (Lipinski definition) is 0. The first-order valence-electron chi connectivity index (χ1n) is 4.34. The summed E-state index contributed by atoms with van der Waals surface area (Å²) in [6, 6.07) is 0. The van der Waals surface area contributed by atoms with Crippen LogP contribution in [0, 0.1) is 6.42 Å². The summed E-state index contributed by atoms with van der Waals surface area (Å²) in [6.07, 6.45) is 12.4. The van der Waals surface area contributed by atoms with Crippen LogP contribution in [0.3, 0.4) is 0 Å². The third-order valence-electron chi connectivity index (χ3n) is 1.67. The van der Waals surface area contributed by atoms with Gasteiger partial charge in [0.1, 0.15) is 0 Å². The number of ether oxygens (including phenoxy) is 1. The van der Waals surface area contributed by atoms with Crippen LogP contribution in [0.2, 0.25) is 0 Å². The van der Waals surface area contributed by atoms with Crippen LogP contribution in [0.5, 0.6) is 0 Å². The van der Waals surface area contributed by atoms with Crippen LogP contribution in [0.25, 0.3) is 0 Å². The summed E-state index contributed by atoms with van der Waals surface area (Å²) >= 11 is 0. The molecule has 1 fully saturated rings. The van der Waals surface area contributed by atoms with Gasteiger partial charge in [0.05, 0.1) is 0 Å². The van der Waals surface area contributed by atoms with Crippen molar-refractivity contribution in [1.29, 1.82) is 0 Å². The summed E-state index contributed by atoms with van der Waals surface area (Å²) in [5.74, 6) is 0. The number of allylic oxidation sites excluding steroid dienone is 5. The fourth-order valence-corrected chi connectivity index (χ4v) is 0.988. The minimum atomic E-state index is 0. The molecule has 0 atom stereocenters. The normalized spacial score (nSPS) is 17.0. The second-order valence-corrected chi connectivity index (χ2v) is 2.81. The Morgan fingerprint density at radius 3 is 2.07 bits per heavy atom. The average molecular weight is 309 g/mol. The Morgan fingerprint density at radius 1 is 1.21 bits per heavy atom. The van der Waals surface area contributed by atoms with Crippen molar-refractivity contribution in [2.24, 2.45) is 0 Å². The first kappa shape index (κ1) is 16.6. The van der Waals surface area contributed by atoms with Crippen molar-refractivity contribution in [1.82, 2.24) is 0 Å². The summed E-state index contributed by atoms with van der Waals surface area (Å²) < 4.78 is 4.94. The molecule has 0 radical (unpaired) electrons. The second kappa shape index (κ2) is 11.2. The van der Waals surface area contributed by atoms with Gasteiger partial charge < -0.3 is 21.7 Å². The summed E-state index contributed by atoms with van der Waals surface area (Å²) in [6.45, 7) is 5.72. The van der Waals surface area contributed by atoms with E-state index in [1.807, 2.05) is 30.7 Å². The SMILES string of the molecule is C1CCOC1.C=C1C=CC=C[CH-]1.[Br-].[Zn+2]. The van der Waals surface area contributed by atoms with E-state index >= 15 is 0 Å². The summed E-state index contributed by atoms with van der Waals surface area (Å²) in [4.78, 5) is 0. The van der Waals surface area contributed by atoms with Gasteiger partial charge in [-0.3, -0.25) is 0 Å². The number of rotatable bonds is 0. The molecular weight excluding hydrogens is 293 g/mol. The van der Waals surface area contributed by atoms with Gasteiger partial charge in [0.25, 0.3) is 0 Å². The molecule has 0 unspecified atom stereocenters. The molecule has 0 N–H and O–H groups in total. The maximum atomic E-state index is 4.94. The van der Waals surface area contributed by atoms with Crippen molar-refractivity contribution >= 4 is 0 Å². The van der Waals surface area contributed by atoms with E-state index < -0.39 is 0 Å². The maximum absolute atomic E-state index is 4.94. The van der Waals surface area contributed by atoms with Gasteiger partial charge in [-0.2, -0.15) is 12.2 Å². The Bertz CT molecular complexity index is 188. The summed E-state index contributed by atoms with van der Waals surface area (Å²) in [5, 5.41) is 0. The molecular formula is C11H15BrOZn. The first-order valence-corrected chi connectivity index (χ1v) is 4.34. The van der Waals surface area contributed by atoms with Crippen molar-refractivity contribution in [2.75, 3.05) is 13.2 Å². The van der Waals surface area contributed by atoms with Gasteiger partial charge in [-0.1, -0.05) is 0 Å². The molecule has 1 aliphatic carbocycles. The molecule has 14 heavy (non-hydrogen) atoms. The van der Waals surface area contributed by atoms with Gasteiger partial charge in [-0.15, -0.1) is 30.7 Å². The molecule has 0 amide bonds. The molecule has 1 saturated heterocycles. The average Bonchev–Trinajstić information content (AvgIpc) is 2.62. The van der Waals surface area contributed by atoms with Crippen LogP contribution < -0.4 is 17.0 Å². The van der Waals surface area contributed by atoms with E-state index in [0.29, 0.717) is 0 Å². The van der Waals surface area contributed by atoms with Crippen molar-refractivity contribution in [3.63, 3.8) is 0 Å². The Kier molecular flexibility index (Phi) is 13.3. The maximum Gasteiger partial charge on any atom is 2.00 e. The van der Waals surface area contributed by atoms with Crippen molar-refractivity contribution in [2.45, 2.75) is 12.8 Å². The van der Waals surface area contributed by atoms with E-state index in [1.165, 1.54) is 12.8 Å². The number of halogens is 1. The predicted octanol–water partition coefficient (Wildman–Crippen LogP) is -0.329. The summed E-state index contributed by atoms with van der Waals surface area (Å²) in [7, 11) is 0. The van der Waals surface area contributed by atoms with Crippen LogP contribution in [-0.4, -0.2) is 13.2 Å². The molecule has 0 saturated carbocycles. The summed E-state index contributed by atoms with van der Waals surface area (Å²) in [5.41, 5.74) is 1.07. The van der Waals surface area contributed by atoms with Crippen molar-refractivity contribution in [3.8, 4) is 0 Å². The van der Waals surface area contributed by atoms with Crippen molar-refractivity contribution in [3.05, 3.63) is 42.9 Å². The standard InChI is InChI=1S/C7H7.C4H8O.BrH.Zn/c1-7-5-3-2-4-6-7;1-2-4-5-3-1;;/h2-6H,1H2;1-4H2;1H;/q-1;;;+2/p-1. The number of hydrogen-bond acceptors (Lipinski definition) is 1. The van der Waals surface area contributed by atoms with Gasteiger partial charge in [0.2, 0.25) is 0 Å². The Labute approximate surface area is 110 Å². The van der Waals surface area contributed by atoms with Crippen LogP contribution >= 0.6 is 0 Å². The molecule has 0 aromatic carbocycles. The largest absolute Gasteiger partial charge is 2.00 e. The topological polar surface area (TPSA) is 9.23 Å². The molecule has 0 aromatic rings. The molecule has 1 aliphatic heterocycles. The van der Waals surface area contributed by atoms with Gasteiger partial charge in [-0.25, -0.2) is 0 Å². The zero-order valence-corrected chi connectivity index (χ0v) is 13.0. The van der Waals surface area contributed by atoms with Gasteiger partial charge >= 0.3 is 19.5 Å². The van der Waals surface area contributed by atoms with Crippen molar-refractivity contribution < 1.29 is 41.2 Å². The second-order valence-electron chi connectivity index (χ2n) is 2.81. The zero-order chi connectivity index (χ0) is 8.65. The Morgan fingerprint density at radius 2 is 1.86 bits per heavy atom. The van der Waals surface area contributed by atoms with E-state index in [4.69, 9.17) is 4.74 Å². The third kappa shape index (κ3) is 8.74. The Hall–Kier alpha value is 0.153. The van der Waals surface area contributed by atoms with Crippen LogP contribution in [0.4, 0.5) is 0 Å². The fourth-order valence-electron chi connectivity index (χ4n) is 0.988. The smallest absolute Gasteiger partial charge is 1.00 e. The van der Waals surface area contributed by atoms with Crippen LogP contribution in [0.1, 0.15) is 12.8 Å². The molecule has 2 aliphatic rings. The molecule has 2 rings (SSSR count). The molecule has 1 nitrogen and oxygen atoms in total. The predicted molar refractivity (Wildman–Crippen MR) is 51.8 cm³/mol. The van der Waals surface area contributed by atoms with Crippen LogP contribution in [-0.2, 0) is 24.2 Å². The van der Waals surface area contributed by atoms with Gasteiger partial charge in [0, 0.05) is 13.2 Å². The first-order chi connectivity index (χ1) is 5.89. The van der Waals surface area contributed by atoms with E-state index in [1.54, 1.807) is 0 Å². The van der Waals surface area contributed by atoms with Gasteiger partial charge in [-0.05, 0) is 12.8 Å². The van der Waals surface area contributed by atoms with Crippen LogP contribution in [0.15, 0.2) is 36.5 Å². The molecule has 0 aromatic heterocycles. The quantitative estimate of drug-likeness (QED) is 0.440. The third-order valence-corrected chi connectivity index (χ3v) is 1.67. The zero-order valence-electron chi connectivity index (χ0n) is 8.42.